The number of nitrogens with zero attached hydrogens (tertiary/aromatic N) is 3. The Hall–Kier alpha value is -3.10. The molecule has 1 aromatic carbocycles. The van der Waals surface area contributed by atoms with Crippen LogP contribution in [0.15, 0.2) is 23.0 Å². The molecule has 0 radical (unpaired) electrons. The number of carboxylic acids is 1. The third-order valence-corrected chi connectivity index (χ3v) is 6.34. The highest BCUT2D eigenvalue weighted by Crippen LogP contribution is 2.30. The van der Waals surface area contributed by atoms with Gasteiger partial charge in [-0.25, -0.2) is 4.79 Å². The largest absolute Gasteiger partial charge is 0.481 e. The zero-order valence-corrected chi connectivity index (χ0v) is 17.0. The van der Waals surface area contributed by atoms with E-state index in [1.54, 1.807) is 11.6 Å². The van der Waals surface area contributed by atoms with Crippen LogP contribution in [0.25, 0.3) is 11.0 Å². The molecule has 2 saturated heterocycles. The van der Waals surface area contributed by atoms with Gasteiger partial charge >= 0.3 is 11.7 Å². The number of nitrogens with one attached hydrogen (secondary N) is 1. The molecule has 2 aliphatic heterocycles. The number of carboxylic acid groups (broad SMARTS) is 1. The number of carbonyl (C=O) groups excluding carboxylic acids is 2. The first kappa shape index (κ1) is 20.2. The lowest BCUT2D eigenvalue weighted by Crippen LogP contribution is -2.44. The third kappa shape index (κ3) is 3.71. The van der Waals surface area contributed by atoms with E-state index in [9.17, 15) is 19.2 Å². The molecular weight excluding hydrogens is 388 g/mol. The minimum absolute atomic E-state index is 0.215. The molecule has 3 heterocycles. The summed E-state index contributed by atoms with van der Waals surface area (Å²) in [6.45, 7) is 1.69. The van der Waals surface area contributed by atoms with Crippen molar-refractivity contribution in [2.45, 2.75) is 44.6 Å². The number of imidazole rings is 1. The molecule has 0 spiro atoms. The number of piperidine rings is 2. The lowest BCUT2D eigenvalue weighted by atomic mass is 9.92. The van der Waals surface area contributed by atoms with Gasteiger partial charge in [0, 0.05) is 38.7 Å². The van der Waals surface area contributed by atoms with Crippen LogP contribution in [0.4, 0.5) is 5.69 Å². The van der Waals surface area contributed by atoms with Crippen molar-refractivity contribution in [3.8, 4) is 0 Å². The van der Waals surface area contributed by atoms with Crippen LogP contribution in [0.3, 0.4) is 0 Å². The molecule has 2 N–H and O–H groups in total. The highest BCUT2D eigenvalue weighted by atomic mass is 16.4. The molecule has 1 unspecified atom stereocenters. The summed E-state index contributed by atoms with van der Waals surface area (Å²) in [6, 6.07) is 5.11. The summed E-state index contributed by atoms with van der Waals surface area (Å²) in [6.07, 6.45) is 3.35. The topological polar surface area (TPSA) is 114 Å². The summed E-state index contributed by atoms with van der Waals surface area (Å²) in [4.78, 5) is 49.7. The second-order valence-corrected chi connectivity index (χ2v) is 8.21. The van der Waals surface area contributed by atoms with Crippen LogP contribution in [-0.2, 0) is 21.4 Å². The molecule has 1 atom stereocenters. The second-order valence-electron chi connectivity index (χ2n) is 8.21. The van der Waals surface area contributed by atoms with Crippen molar-refractivity contribution in [3.63, 3.8) is 0 Å². The van der Waals surface area contributed by atoms with Gasteiger partial charge in [-0.1, -0.05) is 0 Å². The SMILES string of the molecule is Cn1c(=O)n(C2CCC(=O)NC2=O)c2ccc(N3CCC(CCC(=O)O)CC3)cc21. The molecule has 1 aromatic heterocycles. The average molecular weight is 414 g/mol. The van der Waals surface area contributed by atoms with Crippen molar-refractivity contribution in [1.82, 2.24) is 14.5 Å². The van der Waals surface area contributed by atoms with Gasteiger partial charge in [-0.15, -0.1) is 0 Å². The fourth-order valence-electron chi connectivity index (χ4n) is 4.59. The Morgan fingerprint density at radius 3 is 2.53 bits per heavy atom. The smallest absolute Gasteiger partial charge is 0.329 e. The van der Waals surface area contributed by atoms with Crippen molar-refractivity contribution >= 4 is 34.5 Å². The Morgan fingerprint density at radius 1 is 1.13 bits per heavy atom. The molecular formula is C21H26N4O5. The molecule has 0 bridgehead atoms. The minimum atomic E-state index is -0.746. The molecule has 9 heteroatoms. The first-order valence-corrected chi connectivity index (χ1v) is 10.4. The summed E-state index contributed by atoms with van der Waals surface area (Å²) < 4.78 is 3.03. The Kier molecular flexibility index (Phi) is 5.36. The lowest BCUT2D eigenvalue weighted by Gasteiger charge is -2.33. The first-order valence-electron chi connectivity index (χ1n) is 10.4. The maximum absolute atomic E-state index is 12.9. The lowest BCUT2D eigenvalue weighted by molar-refractivity contribution is -0.138. The van der Waals surface area contributed by atoms with E-state index in [0.29, 0.717) is 24.3 Å². The van der Waals surface area contributed by atoms with Crippen molar-refractivity contribution in [2.75, 3.05) is 18.0 Å². The van der Waals surface area contributed by atoms with Gasteiger partial charge in [0.2, 0.25) is 11.8 Å². The number of rotatable bonds is 5. The van der Waals surface area contributed by atoms with E-state index in [1.165, 1.54) is 4.57 Å². The number of benzene rings is 1. The molecule has 30 heavy (non-hydrogen) atoms. The number of carbonyl (C=O) groups is 3. The zero-order chi connectivity index (χ0) is 21.4. The summed E-state index contributed by atoms with van der Waals surface area (Å²) >= 11 is 0. The van der Waals surface area contributed by atoms with Gasteiger partial charge in [0.1, 0.15) is 6.04 Å². The summed E-state index contributed by atoms with van der Waals surface area (Å²) in [5, 5.41) is 11.2. The van der Waals surface area contributed by atoms with Gasteiger partial charge in [0.15, 0.2) is 0 Å². The molecule has 160 valence electrons. The normalized spacial score (nSPS) is 20.6. The van der Waals surface area contributed by atoms with Gasteiger partial charge in [-0.3, -0.25) is 28.8 Å². The van der Waals surface area contributed by atoms with E-state index < -0.39 is 17.9 Å². The first-order chi connectivity index (χ1) is 14.3. The van der Waals surface area contributed by atoms with Gasteiger partial charge in [0.05, 0.1) is 11.0 Å². The molecule has 2 amide bonds. The third-order valence-electron chi connectivity index (χ3n) is 6.34. The Balaban J connectivity index is 1.57. The molecule has 2 aliphatic rings. The standard InChI is InChI=1S/C21H26N4O5/c1-23-17-12-14(24-10-8-13(9-11-24)2-7-19(27)28)3-4-15(17)25(21(23)30)16-5-6-18(26)22-20(16)29/h3-4,12-13,16H,2,5-11H2,1H3,(H,27,28)(H,22,26,29). The van der Waals surface area contributed by atoms with Crippen LogP contribution in [-0.4, -0.2) is 45.1 Å². The van der Waals surface area contributed by atoms with E-state index >= 15 is 0 Å². The van der Waals surface area contributed by atoms with Crippen LogP contribution in [0.2, 0.25) is 0 Å². The van der Waals surface area contributed by atoms with Crippen LogP contribution < -0.4 is 15.9 Å². The van der Waals surface area contributed by atoms with E-state index in [4.69, 9.17) is 5.11 Å². The van der Waals surface area contributed by atoms with E-state index in [1.807, 2.05) is 18.2 Å². The Bertz CT molecular complexity index is 1060. The van der Waals surface area contributed by atoms with E-state index in [0.717, 1.165) is 37.1 Å². The number of aryl methyl sites for hydroxylation is 1. The predicted octanol–water partition coefficient (Wildman–Crippen LogP) is 1.40. The van der Waals surface area contributed by atoms with Gasteiger partial charge in [0.25, 0.3) is 0 Å². The molecule has 9 nitrogen and oxygen atoms in total. The summed E-state index contributed by atoms with van der Waals surface area (Å²) in [5.74, 6) is -1.06. The number of fused-ring (bicyclic) bond motifs is 1. The van der Waals surface area contributed by atoms with Crippen molar-refractivity contribution in [1.29, 1.82) is 0 Å². The molecule has 2 fully saturated rings. The van der Waals surface area contributed by atoms with Crippen LogP contribution in [0.1, 0.15) is 44.6 Å². The number of aromatic nitrogens is 2. The monoisotopic (exact) mass is 414 g/mol. The van der Waals surface area contributed by atoms with E-state index in [-0.39, 0.29) is 24.4 Å². The summed E-state index contributed by atoms with van der Waals surface area (Å²) in [7, 11) is 1.69. The number of anilines is 1. The zero-order valence-electron chi connectivity index (χ0n) is 17.0. The molecule has 0 saturated carbocycles. The van der Waals surface area contributed by atoms with Gasteiger partial charge < -0.3 is 10.0 Å². The number of aliphatic carboxylic acids is 1. The predicted molar refractivity (Wildman–Crippen MR) is 110 cm³/mol. The van der Waals surface area contributed by atoms with Crippen molar-refractivity contribution in [2.24, 2.45) is 13.0 Å². The number of imide groups is 1. The number of amides is 2. The maximum atomic E-state index is 12.9. The van der Waals surface area contributed by atoms with Crippen molar-refractivity contribution < 1.29 is 19.5 Å². The van der Waals surface area contributed by atoms with Crippen LogP contribution in [0.5, 0.6) is 0 Å². The molecule has 0 aliphatic carbocycles. The fourth-order valence-corrected chi connectivity index (χ4v) is 4.59. The number of hydrogen-bond acceptors (Lipinski definition) is 5. The summed E-state index contributed by atoms with van der Waals surface area (Å²) in [5.41, 5.74) is 2.16. The number of hydrogen-bond donors (Lipinski definition) is 2. The maximum Gasteiger partial charge on any atom is 0.329 e. The van der Waals surface area contributed by atoms with Crippen LogP contribution >= 0.6 is 0 Å². The highest BCUT2D eigenvalue weighted by Gasteiger charge is 2.31. The molecule has 2 aromatic rings. The molecule has 4 rings (SSSR count). The van der Waals surface area contributed by atoms with Crippen molar-refractivity contribution in [3.05, 3.63) is 28.7 Å². The minimum Gasteiger partial charge on any atom is -0.481 e. The highest BCUT2D eigenvalue weighted by molar-refractivity contribution is 6.00. The Morgan fingerprint density at radius 2 is 1.87 bits per heavy atom. The second kappa shape index (κ2) is 7.97. The Labute approximate surface area is 173 Å². The van der Waals surface area contributed by atoms with Gasteiger partial charge in [-0.05, 0) is 49.8 Å². The fraction of sp³-hybridized carbons (Fsp3) is 0.524. The quantitative estimate of drug-likeness (QED) is 0.715. The van der Waals surface area contributed by atoms with E-state index in [2.05, 4.69) is 10.2 Å². The average Bonchev–Trinajstić information content (AvgIpc) is 2.97. The van der Waals surface area contributed by atoms with Gasteiger partial charge in [-0.2, -0.15) is 0 Å². The van der Waals surface area contributed by atoms with Crippen LogP contribution in [0, 0.1) is 5.92 Å².